The van der Waals surface area contributed by atoms with Gasteiger partial charge in [0.25, 0.3) is 0 Å². The molecule has 2 aromatic heterocycles. The molecule has 3 rings (SSSR count). The molecule has 1 saturated heterocycles. The zero-order chi connectivity index (χ0) is 18.0. The van der Waals surface area contributed by atoms with Gasteiger partial charge in [-0.3, -0.25) is 4.79 Å². The number of rotatable bonds is 5. The summed E-state index contributed by atoms with van der Waals surface area (Å²) in [4.78, 5) is 19.2. The third-order valence-electron chi connectivity index (χ3n) is 4.34. The molecular formula is C16H21N3O3S3. The predicted octanol–water partition coefficient (Wildman–Crippen LogP) is 2.47. The van der Waals surface area contributed by atoms with Crippen molar-refractivity contribution in [3.05, 3.63) is 28.1 Å². The van der Waals surface area contributed by atoms with E-state index in [4.69, 9.17) is 0 Å². The molecule has 0 aromatic carbocycles. The minimum atomic E-state index is -3.16. The molecule has 0 saturated carbocycles. The Labute approximate surface area is 155 Å². The summed E-state index contributed by atoms with van der Waals surface area (Å²) in [7, 11) is -3.16. The van der Waals surface area contributed by atoms with E-state index in [0.717, 1.165) is 20.5 Å². The maximum absolute atomic E-state index is 12.4. The van der Waals surface area contributed by atoms with E-state index in [1.807, 2.05) is 24.4 Å². The Hall–Kier alpha value is -1.29. The van der Waals surface area contributed by atoms with Crippen LogP contribution in [0, 0.1) is 12.8 Å². The lowest BCUT2D eigenvalue weighted by Crippen LogP contribution is -2.42. The van der Waals surface area contributed by atoms with Crippen LogP contribution in [0.2, 0.25) is 0 Å². The molecule has 1 aliphatic heterocycles. The van der Waals surface area contributed by atoms with Crippen LogP contribution < -0.4 is 5.32 Å². The fraction of sp³-hybridized carbons (Fsp3) is 0.500. The molecule has 1 aliphatic rings. The Balaban J connectivity index is 1.55. The smallest absolute Gasteiger partial charge is 0.223 e. The molecule has 0 unspecified atom stereocenters. The molecule has 0 atom stereocenters. The summed E-state index contributed by atoms with van der Waals surface area (Å²) in [5.74, 6) is -0.124. The highest BCUT2D eigenvalue weighted by atomic mass is 32.2. The highest BCUT2D eigenvalue weighted by Crippen LogP contribution is 2.31. The highest BCUT2D eigenvalue weighted by Gasteiger charge is 2.28. The number of nitrogens with zero attached hydrogens (tertiary/aromatic N) is 2. The molecule has 0 spiro atoms. The second-order valence-electron chi connectivity index (χ2n) is 6.16. The van der Waals surface area contributed by atoms with Crippen LogP contribution in [0.4, 0.5) is 0 Å². The van der Waals surface area contributed by atoms with Crippen molar-refractivity contribution in [2.24, 2.45) is 5.92 Å². The Morgan fingerprint density at radius 1 is 1.40 bits per heavy atom. The average Bonchev–Trinajstić information content (AvgIpc) is 3.21. The molecule has 2 aromatic rings. The highest BCUT2D eigenvalue weighted by molar-refractivity contribution is 7.88. The van der Waals surface area contributed by atoms with Gasteiger partial charge < -0.3 is 5.32 Å². The van der Waals surface area contributed by atoms with Gasteiger partial charge in [-0.1, -0.05) is 6.07 Å². The van der Waals surface area contributed by atoms with Crippen LogP contribution in [0.3, 0.4) is 0 Å². The molecule has 0 bridgehead atoms. The molecular weight excluding hydrogens is 378 g/mol. The van der Waals surface area contributed by atoms with Gasteiger partial charge >= 0.3 is 0 Å². The number of carbonyl (C=O) groups excluding carboxylic acids is 1. The lowest BCUT2D eigenvalue weighted by Gasteiger charge is -2.29. The molecule has 1 fully saturated rings. The number of sulfonamides is 1. The van der Waals surface area contributed by atoms with Gasteiger partial charge in [-0.15, -0.1) is 22.7 Å². The summed E-state index contributed by atoms with van der Waals surface area (Å²) < 4.78 is 24.5. The molecule has 1 N–H and O–H groups in total. The Morgan fingerprint density at radius 3 is 2.72 bits per heavy atom. The van der Waals surface area contributed by atoms with Crippen LogP contribution in [-0.4, -0.2) is 43.0 Å². The molecule has 0 aliphatic carbocycles. The quantitative estimate of drug-likeness (QED) is 0.838. The monoisotopic (exact) mass is 399 g/mol. The minimum Gasteiger partial charge on any atom is -0.351 e. The predicted molar refractivity (Wildman–Crippen MR) is 101 cm³/mol. The first-order chi connectivity index (χ1) is 11.8. The third-order valence-corrected chi connectivity index (χ3v) is 7.84. The number of thiazole rings is 1. The molecule has 3 heterocycles. The SMILES string of the molecule is Cc1nc(-c2cccs2)sc1CNC(=O)C1CCN(S(C)(=O)=O)CC1. The Bertz CT molecular complexity index is 835. The third kappa shape index (κ3) is 4.46. The van der Waals surface area contributed by atoms with Crippen molar-refractivity contribution in [1.29, 1.82) is 0 Å². The van der Waals surface area contributed by atoms with Crippen molar-refractivity contribution < 1.29 is 13.2 Å². The number of thiophene rings is 1. The van der Waals surface area contributed by atoms with Gasteiger partial charge in [0.15, 0.2) is 0 Å². The summed E-state index contributed by atoms with van der Waals surface area (Å²) in [6.45, 7) is 3.26. The number of aryl methyl sites for hydroxylation is 1. The van der Waals surface area contributed by atoms with Crippen molar-refractivity contribution in [3.8, 4) is 9.88 Å². The van der Waals surface area contributed by atoms with E-state index in [9.17, 15) is 13.2 Å². The Kier molecular flexibility index (Phi) is 5.57. The molecule has 0 radical (unpaired) electrons. The lowest BCUT2D eigenvalue weighted by molar-refractivity contribution is -0.126. The summed E-state index contributed by atoms with van der Waals surface area (Å²) >= 11 is 3.26. The van der Waals surface area contributed by atoms with Crippen molar-refractivity contribution in [2.45, 2.75) is 26.3 Å². The number of carbonyl (C=O) groups is 1. The number of amides is 1. The van der Waals surface area contributed by atoms with E-state index in [1.54, 1.807) is 22.7 Å². The fourth-order valence-electron chi connectivity index (χ4n) is 2.86. The van der Waals surface area contributed by atoms with E-state index in [0.29, 0.717) is 32.5 Å². The second kappa shape index (κ2) is 7.53. The van der Waals surface area contributed by atoms with Gasteiger partial charge in [0.1, 0.15) is 5.01 Å². The summed E-state index contributed by atoms with van der Waals surface area (Å²) in [5, 5.41) is 6.00. The van der Waals surface area contributed by atoms with E-state index in [1.165, 1.54) is 10.6 Å². The van der Waals surface area contributed by atoms with E-state index in [2.05, 4.69) is 10.3 Å². The largest absolute Gasteiger partial charge is 0.351 e. The van der Waals surface area contributed by atoms with Gasteiger partial charge in [-0.05, 0) is 31.2 Å². The molecule has 25 heavy (non-hydrogen) atoms. The van der Waals surface area contributed by atoms with Crippen LogP contribution in [0.1, 0.15) is 23.4 Å². The first kappa shape index (κ1) is 18.5. The van der Waals surface area contributed by atoms with Crippen LogP contribution in [0.5, 0.6) is 0 Å². The first-order valence-corrected chi connectivity index (χ1v) is 11.6. The Morgan fingerprint density at radius 2 is 2.12 bits per heavy atom. The molecule has 1 amide bonds. The van der Waals surface area contributed by atoms with Crippen molar-refractivity contribution >= 4 is 38.6 Å². The van der Waals surface area contributed by atoms with Gasteiger partial charge in [0.05, 0.1) is 23.4 Å². The van der Waals surface area contributed by atoms with Crippen molar-refractivity contribution in [1.82, 2.24) is 14.6 Å². The first-order valence-electron chi connectivity index (χ1n) is 8.07. The minimum absolute atomic E-state index is 0.00127. The maximum atomic E-state index is 12.4. The standard InChI is InChI=1S/C16H21N3O3S3/c1-11-14(24-16(18-11)13-4-3-9-23-13)10-17-15(20)12-5-7-19(8-6-12)25(2,21)22/h3-4,9,12H,5-8,10H2,1-2H3,(H,17,20). The van der Waals surface area contributed by atoms with Crippen LogP contribution in [0.25, 0.3) is 9.88 Å². The number of nitrogens with one attached hydrogen (secondary N) is 1. The van der Waals surface area contributed by atoms with E-state index >= 15 is 0 Å². The van der Waals surface area contributed by atoms with Gasteiger partial charge in [-0.25, -0.2) is 17.7 Å². The zero-order valence-corrected chi connectivity index (χ0v) is 16.6. The number of hydrogen-bond acceptors (Lipinski definition) is 6. The summed E-state index contributed by atoms with van der Waals surface area (Å²) in [6, 6.07) is 4.04. The normalized spacial score (nSPS) is 16.9. The molecule has 136 valence electrons. The maximum Gasteiger partial charge on any atom is 0.223 e. The van der Waals surface area contributed by atoms with Crippen molar-refractivity contribution in [2.75, 3.05) is 19.3 Å². The molecule has 9 heteroatoms. The average molecular weight is 400 g/mol. The van der Waals surface area contributed by atoms with Crippen LogP contribution in [0.15, 0.2) is 17.5 Å². The number of piperidine rings is 1. The second-order valence-corrected chi connectivity index (χ2v) is 10.2. The summed E-state index contributed by atoms with van der Waals surface area (Å²) in [5.41, 5.74) is 0.945. The van der Waals surface area contributed by atoms with E-state index in [-0.39, 0.29) is 11.8 Å². The van der Waals surface area contributed by atoms with Crippen LogP contribution >= 0.6 is 22.7 Å². The topological polar surface area (TPSA) is 79.4 Å². The number of aromatic nitrogens is 1. The zero-order valence-electron chi connectivity index (χ0n) is 14.2. The number of hydrogen-bond donors (Lipinski definition) is 1. The van der Waals surface area contributed by atoms with Gasteiger partial charge in [0.2, 0.25) is 15.9 Å². The lowest BCUT2D eigenvalue weighted by atomic mass is 9.97. The van der Waals surface area contributed by atoms with E-state index < -0.39 is 10.0 Å². The van der Waals surface area contributed by atoms with Gasteiger partial charge in [-0.2, -0.15) is 0 Å². The fourth-order valence-corrected chi connectivity index (χ4v) is 5.53. The molecule has 6 nitrogen and oxygen atoms in total. The summed E-state index contributed by atoms with van der Waals surface area (Å²) in [6.07, 6.45) is 2.35. The van der Waals surface area contributed by atoms with Crippen LogP contribution in [-0.2, 0) is 21.4 Å². The van der Waals surface area contributed by atoms with Gasteiger partial charge in [0, 0.05) is 23.9 Å². The van der Waals surface area contributed by atoms with Crippen molar-refractivity contribution in [3.63, 3.8) is 0 Å².